The molecule has 1 fully saturated rings. The van der Waals surface area contributed by atoms with Gasteiger partial charge in [-0.05, 0) is 37.5 Å². The van der Waals surface area contributed by atoms with Gasteiger partial charge in [0.25, 0.3) is 0 Å². The Bertz CT molecular complexity index is 1040. The minimum atomic E-state index is -1.05. The standard InChI is InChI=1S/C31H38O6/c1-31(2,3)37-30-27(32)29(35-21-25-17-11-6-12-18-25)28(34-20-24-15-9-5-10-16-24)26(36-30)22-33-19-23-13-7-4-8-14-23/h4-18,26-30,32H,19-22H2,1-3H3/t26-,27+,28-,29+,30-/m1/s1. The molecular formula is C31H38O6. The summed E-state index contributed by atoms with van der Waals surface area (Å²) < 4.78 is 31.2. The number of benzene rings is 3. The number of ether oxygens (including phenoxy) is 5. The van der Waals surface area contributed by atoms with Crippen LogP contribution in [0.5, 0.6) is 0 Å². The van der Waals surface area contributed by atoms with Crippen LogP contribution in [0.15, 0.2) is 91.0 Å². The molecule has 0 radical (unpaired) electrons. The molecule has 37 heavy (non-hydrogen) atoms. The van der Waals surface area contributed by atoms with Gasteiger partial charge in [0.2, 0.25) is 0 Å². The zero-order chi connectivity index (χ0) is 26.1. The van der Waals surface area contributed by atoms with Crippen LogP contribution < -0.4 is 0 Å². The average molecular weight is 507 g/mol. The van der Waals surface area contributed by atoms with Crippen molar-refractivity contribution in [1.82, 2.24) is 0 Å². The summed E-state index contributed by atoms with van der Waals surface area (Å²) in [6.07, 6.45) is -3.70. The molecule has 1 aliphatic rings. The minimum absolute atomic E-state index is 0.260. The smallest absolute Gasteiger partial charge is 0.187 e. The maximum Gasteiger partial charge on any atom is 0.187 e. The van der Waals surface area contributed by atoms with Crippen molar-refractivity contribution < 1.29 is 28.8 Å². The molecule has 1 N–H and O–H groups in total. The van der Waals surface area contributed by atoms with Gasteiger partial charge in [-0.25, -0.2) is 0 Å². The van der Waals surface area contributed by atoms with E-state index in [0.717, 1.165) is 16.7 Å². The van der Waals surface area contributed by atoms with E-state index in [-0.39, 0.29) is 6.61 Å². The Kier molecular flexibility index (Phi) is 9.86. The summed E-state index contributed by atoms with van der Waals surface area (Å²) >= 11 is 0. The van der Waals surface area contributed by atoms with Crippen molar-refractivity contribution in [3.63, 3.8) is 0 Å². The molecule has 0 spiro atoms. The number of aliphatic hydroxyl groups is 1. The number of rotatable bonds is 11. The average Bonchev–Trinajstić information content (AvgIpc) is 2.90. The van der Waals surface area contributed by atoms with Crippen LogP contribution >= 0.6 is 0 Å². The highest BCUT2D eigenvalue weighted by atomic mass is 16.7. The van der Waals surface area contributed by atoms with Gasteiger partial charge in [0.15, 0.2) is 6.29 Å². The molecule has 1 saturated heterocycles. The van der Waals surface area contributed by atoms with Crippen molar-refractivity contribution in [3.8, 4) is 0 Å². The van der Waals surface area contributed by atoms with Crippen molar-refractivity contribution >= 4 is 0 Å². The molecule has 0 saturated carbocycles. The summed E-state index contributed by atoms with van der Waals surface area (Å²) in [4.78, 5) is 0. The van der Waals surface area contributed by atoms with Crippen molar-refractivity contribution in [3.05, 3.63) is 108 Å². The van der Waals surface area contributed by atoms with Gasteiger partial charge in [-0.1, -0.05) is 91.0 Å². The lowest BCUT2D eigenvalue weighted by molar-refractivity contribution is -0.335. The summed E-state index contributed by atoms with van der Waals surface area (Å²) in [5, 5.41) is 11.4. The van der Waals surface area contributed by atoms with Gasteiger partial charge in [0.1, 0.15) is 24.4 Å². The third kappa shape index (κ3) is 8.47. The first kappa shape index (κ1) is 27.5. The van der Waals surface area contributed by atoms with Crippen LogP contribution in [0.2, 0.25) is 0 Å². The number of aliphatic hydroxyl groups excluding tert-OH is 1. The van der Waals surface area contributed by atoms with Crippen LogP contribution in [-0.2, 0) is 43.5 Å². The number of hydrogen-bond donors (Lipinski definition) is 1. The van der Waals surface area contributed by atoms with Gasteiger partial charge < -0.3 is 28.8 Å². The number of hydrogen-bond acceptors (Lipinski definition) is 6. The molecule has 6 heteroatoms. The molecule has 6 nitrogen and oxygen atoms in total. The minimum Gasteiger partial charge on any atom is -0.385 e. The van der Waals surface area contributed by atoms with Crippen LogP contribution in [0.1, 0.15) is 37.5 Å². The molecule has 0 aromatic heterocycles. The summed E-state index contributed by atoms with van der Waals surface area (Å²) in [7, 11) is 0. The highest BCUT2D eigenvalue weighted by Crippen LogP contribution is 2.31. The quantitative estimate of drug-likeness (QED) is 0.382. The Hall–Kier alpha value is -2.58. The van der Waals surface area contributed by atoms with Crippen molar-refractivity contribution in [2.75, 3.05) is 6.61 Å². The Labute approximate surface area is 220 Å². The summed E-state index contributed by atoms with van der Waals surface area (Å²) in [6, 6.07) is 29.8. The van der Waals surface area contributed by atoms with E-state index in [1.807, 2.05) is 112 Å². The van der Waals surface area contributed by atoms with Crippen LogP contribution in [0.25, 0.3) is 0 Å². The molecule has 0 aliphatic carbocycles. The SMILES string of the molecule is CC(C)(C)O[C@H]1O[C@H](COCc2ccccc2)[C@@H](OCc2ccccc2)[C@@H](OCc2ccccc2)[C@@H]1O. The molecule has 3 aromatic rings. The van der Waals surface area contributed by atoms with Gasteiger partial charge in [0.05, 0.1) is 32.0 Å². The molecule has 5 atom stereocenters. The topological polar surface area (TPSA) is 66.4 Å². The van der Waals surface area contributed by atoms with Gasteiger partial charge in [-0.3, -0.25) is 0 Å². The first-order valence-corrected chi connectivity index (χ1v) is 12.8. The van der Waals surface area contributed by atoms with Gasteiger partial charge in [-0.2, -0.15) is 0 Å². The maximum absolute atomic E-state index is 11.4. The third-order valence-corrected chi connectivity index (χ3v) is 6.05. The fraction of sp³-hybridized carbons (Fsp3) is 0.419. The molecule has 3 aromatic carbocycles. The maximum atomic E-state index is 11.4. The van der Waals surface area contributed by atoms with Crippen LogP contribution in [-0.4, -0.2) is 48.0 Å². The zero-order valence-corrected chi connectivity index (χ0v) is 21.9. The molecule has 198 valence electrons. The highest BCUT2D eigenvalue weighted by Gasteiger charge is 2.48. The first-order valence-electron chi connectivity index (χ1n) is 12.8. The largest absolute Gasteiger partial charge is 0.385 e. The first-order chi connectivity index (χ1) is 17.9. The molecule has 1 heterocycles. The summed E-state index contributed by atoms with van der Waals surface area (Å²) in [5.74, 6) is 0. The lowest BCUT2D eigenvalue weighted by atomic mass is 9.97. The molecular weight excluding hydrogens is 468 g/mol. The van der Waals surface area contributed by atoms with E-state index in [1.165, 1.54) is 0 Å². The van der Waals surface area contributed by atoms with E-state index in [2.05, 4.69) is 0 Å². The lowest BCUT2D eigenvalue weighted by Crippen LogP contribution is -2.61. The van der Waals surface area contributed by atoms with Gasteiger partial charge in [0, 0.05) is 0 Å². The van der Waals surface area contributed by atoms with Gasteiger partial charge in [-0.15, -0.1) is 0 Å². The second kappa shape index (κ2) is 13.3. The van der Waals surface area contributed by atoms with E-state index >= 15 is 0 Å². The molecule has 0 unspecified atom stereocenters. The summed E-state index contributed by atoms with van der Waals surface area (Å²) in [5.41, 5.74) is 2.58. The van der Waals surface area contributed by atoms with Crippen molar-refractivity contribution in [2.24, 2.45) is 0 Å². The van der Waals surface area contributed by atoms with Crippen molar-refractivity contribution in [2.45, 2.75) is 76.9 Å². The second-order valence-electron chi connectivity index (χ2n) is 10.3. The van der Waals surface area contributed by atoms with E-state index in [9.17, 15) is 5.11 Å². The predicted molar refractivity (Wildman–Crippen MR) is 142 cm³/mol. The van der Waals surface area contributed by atoms with E-state index in [1.54, 1.807) is 0 Å². The normalized spacial score (nSPS) is 24.2. The molecule has 1 aliphatic heterocycles. The monoisotopic (exact) mass is 506 g/mol. The fourth-order valence-electron chi connectivity index (χ4n) is 4.27. The molecule has 4 rings (SSSR count). The molecule has 0 bridgehead atoms. The second-order valence-corrected chi connectivity index (χ2v) is 10.3. The lowest BCUT2D eigenvalue weighted by Gasteiger charge is -2.45. The van der Waals surface area contributed by atoms with E-state index in [4.69, 9.17) is 23.7 Å². The van der Waals surface area contributed by atoms with Crippen LogP contribution in [0, 0.1) is 0 Å². The van der Waals surface area contributed by atoms with E-state index < -0.39 is 36.3 Å². The Balaban J connectivity index is 1.54. The fourth-order valence-corrected chi connectivity index (χ4v) is 4.27. The predicted octanol–water partition coefficient (Wildman–Crippen LogP) is 5.27. The third-order valence-electron chi connectivity index (χ3n) is 6.05. The van der Waals surface area contributed by atoms with Gasteiger partial charge >= 0.3 is 0 Å². The zero-order valence-electron chi connectivity index (χ0n) is 21.9. The Morgan fingerprint density at radius 1 is 0.676 bits per heavy atom. The van der Waals surface area contributed by atoms with Crippen LogP contribution in [0.4, 0.5) is 0 Å². The summed E-state index contributed by atoms with van der Waals surface area (Å²) in [6.45, 7) is 7.18. The van der Waals surface area contributed by atoms with Crippen LogP contribution in [0.3, 0.4) is 0 Å². The Morgan fingerprint density at radius 2 is 1.14 bits per heavy atom. The molecule has 0 amide bonds. The highest BCUT2D eigenvalue weighted by molar-refractivity contribution is 5.15. The van der Waals surface area contributed by atoms with Crippen molar-refractivity contribution in [1.29, 1.82) is 0 Å². The Morgan fingerprint density at radius 3 is 1.62 bits per heavy atom. The van der Waals surface area contributed by atoms with E-state index in [0.29, 0.717) is 19.8 Å².